The van der Waals surface area contributed by atoms with Crippen LogP contribution in [0.1, 0.15) is 12.8 Å². The minimum atomic E-state index is -0.254. The first-order valence-corrected chi connectivity index (χ1v) is 10.8. The minimum absolute atomic E-state index is 0.193. The smallest absolute Gasteiger partial charge is 0.248 e. The van der Waals surface area contributed by atoms with Gasteiger partial charge in [-0.15, -0.1) is 18.2 Å². The molecule has 2 aromatic carbocycles. The predicted molar refractivity (Wildman–Crippen MR) is 112 cm³/mol. The lowest BCUT2D eigenvalue weighted by atomic mass is 10.3. The lowest BCUT2D eigenvalue weighted by molar-refractivity contribution is -0.118. The number of nitrogens with zero attached hydrogens (tertiary/aromatic N) is 2. The van der Waals surface area contributed by atoms with E-state index in [1.165, 1.54) is 23.5 Å². The Labute approximate surface area is 175 Å². The number of thiazole rings is 1. The second-order valence-electron chi connectivity index (χ2n) is 6.26. The maximum absolute atomic E-state index is 12.9. The van der Waals surface area contributed by atoms with Crippen molar-refractivity contribution < 1.29 is 18.7 Å². The van der Waals surface area contributed by atoms with E-state index >= 15 is 0 Å². The van der Waals surface area contributed by atoms with Crippen LogP contribution in [0.25, 0.3) is 10.2 Å². The van der Waals surface area contributed by atoms with E-state index in [4.69, 9.17) is 15.9 Å². The molecule has 0 saturated carbocycles. The van der Waals surface area contributed by atoms with Gasteiger partial charge in [-0.05, 0) is 36.4 Å². The highest BCUT2D eigenvalue weighted by Crippen LogP contribution is 2.36. The third kappa shape index (κ3) is 4.47. The molecule has 0 bridgehead atoms. The van der Waals surface area contributed by atoms with E-state index in [2.05, 4.69) is 10.9 Å². The highest BCUT2D eigenvalue weighted by molar-refractivity contribution is 7.99. The molecule has 4 rings (SSSR count). The maximum Gasteiger partial charge on any atom is 0.248 e. The van der Waals surface area contributed by atoms with Crippen molar-refractivity contribution in [2.75, 3.05) is 12.5 Å². The summed E-state index contributed by atoms with van der Waals surface area (Å²) in [5.74, 6) is 4.27. The van der Waals surface area contributed by atoms with Crippen molar-refractivity contribution in [2.45, 2.75) is 24.3 Å². The van der Waals surface area contributed by atoms with Crippen molar-refractivity contribution in [3.63, 3.8) is 0 Å². The van der Waals surface area contributed by atoms with Crippen molar-refractivity contribution in [3.05, 3.63) is 47.0 Å². The van der Waals surface area contributed by atoms with Crippen LogP contribution in [-0.2, 0) is 11.3 Å². The molecule has 29 heavy (non-hydrogen) atoms. The number of aromatic nitrogens is 1. The topological polar surface area (TPSA) is 52.8 Å². The van der Waals surface area contributed by atoms with Crippen LogP contribution in [0.15, 0.2) is 46.3 Å². The van der Waals surface area contributed by atoms with Gasteiger partial charge in [0.05, 0.1) is 16.8 Å². The van der Waals surface area contributed by atoms with Crippen molar-refractivity contribution >= 4 is 39.2 Å². The molecule has 1 amide bonds. The Bertz CT molecular complexity index is 1160. The van der Waals surface area contributed by atoms with Gasteiger partial charge in [0.15, 0.2) is 16.3 Å². The van der Waals surface area contributed by atoms with E-state index in [1.54, 1.807) is 23.9 Å². The fraction of sp³-hybridized carbons (Fsp3) is 0.238. The van der Waals surface area contributed by atoms with Crippen molar-refractivity contribution in [2.24, 2.45) is 4.99 Å². The number of thioether (sulfide) groups is 1. The highest BCUT2D eigenvalue weighted by Gasteiger charge is 2.17. The summed E-state index contributed by atoms with van der Waals surface area (Å²) in [6.07, 6.45) is 6.53. The van der Waals surface area contributed by atoms with Gasteiger partial charge in [-0.1, -0.05) is 17.3 Å². The number of benzene rings is 2. The van der Waals surface area contributed by atoms with Gasteiger partial charge in [0.25, 0.3) is 0 Å². The van der Waals surface area contributed by atoms with Crippen LogP contribution < -0.4 is 14.3 Å². The van der Waals surface area contributed by atoms with Gasteiger partial charge in [-0.25, -0.2) is 4.39 Å². The number of rotatable bonds is 6. The summed E-state index contributed by atoms with van der Waals surface area (Å²) in [4.78, 5) is 18.2. The maximum atomic E-state index is 12.9. The van der Waals surface area contributed by atoms with E-state index in [9.17, 15) is 9.18 Å². The first-order valence-electron chi connectivity index (χ1n) is 8.96. The second kappa shape index (κ2) is 8.72. The van der Waals surface area contributed by atoms with Gasteiger partial charge in [0.1, 0.15) is 5.82 Å². The standard InChI is InChI=1S/C21H17FN2O3S2/c1-2-9-24-16-11-17-18(27-13-26-17)12-19(16)29-21(24)23-20(25)4-3-10-28-15-7-5-14(22)6-8-15/h1,5-8,11-12H,3-4,9-10,13H2. The molecule has 0 unspecified atom stereocenters. The molecule has 5 nitrogen and oxygen atoms in total. The van der Waals surface area contributed by atoms with E-state index < -0.39 is 0 Å². The Morgan fingerprint density at radius 2 is 2.03 bits per heavy atom. The van der Waals surface area contributed by atoms with Crippen LogP contribution in [0.3, 0.4) is 0 Å². The van der Waals surface area contributed by atoms with Crippen LogP contribution in [0.4, 0.5) is 4.39 Å². The number of hydrogen-bond donors (Lipinski definition) is 0. The van der Waals surface area contributed by atoms with Crippen LogP contribution in [0.5, 0.6) is 11.5 Å². The van der Waals surface area contributed by atoms with Crippen LogP contribution in [-0.4, -0.2) is 23.0 Å². The highest BCUT2D eigenvalue weighted by atomic mass is 32.2. The zero-order valence-corrected chi connectivity index (χ0v) is 17.0. The molecular formula is C21H17FN2O3S2. The van der Waals surface area contributed by atoms with E-state index in [0.717, 1.165) is 20.9 Å². The molecule has 1 aromatic heterocycles. The van der Waals surface area contributed by atoms with Crippen LogP contribution in [0.2, 0.25) is 0 Å². The fourth-order valence-electron chi connectivity index (χ4n) is 2.90. The van der Waals surface area contributed by atoms with Crippen LogP contribution in [0, 0.1) is 18.2 Å². The van der Waals surface area contributed by atoms with Gasteiger partial charge in [0.2, 0.25) is 12.7 Å². The van der Waals surface area contributed by atoms with Crippen molar-refractivity contribution in [3.8, 4) is 23.8 Å². The quantitative estimate of drug-likeness (QED) is 0.335. The average Bonchev–Trinajstić information content (AvgIpc) is 3.29. The molecule has 8 heteroatoms. The molecule has 0 spiro atoms. The SMILES string of the molecule is C#CCn1c(=NC(=O)CCCSc2ccc(F)cc2)sc2cc3c(cc21)OCO3. The molecule has 0 aliphatic carbocycles. The molecule has 0 N–H and O–H groups in total. The summed E-state index contributed by atoms with van der Waals surface area (Å²) in [7, 11) is 0. The number of hydrogen-bond acceptors (Lipinski definition) is 5. The largest absolute Gasteiger partial charge is 0.454 e. The third-order valence-corrected chi connectivity index (χ3v) is 6.40. The van der Waals surface area contributed by atoms with Gasteiger partial charge in [-0.2, -0.15) is 4.99 Å². The predicted octanol–water partition coefficient (Wildman–Crippen LogP) is 4.20. The summed E-state index contributed by atoms with van der Waals surface area (Å²) < 4.78 is 26.6. The molecule has 1 aliphatic heterocycles. The zero-order chi connectivity index (χ0) is 20.2. The fourth-order valence-corrected chi connectivity index (χ4v) is 4.81. The van der Waals surface area contributed by atoms with Gasteiger partial charge in [0, 0.05) is 23.4 Å². The number of amides is 1. The molecular weight excluding hydrogens is 411 g/mol. The lowest BCUT2D eigenvalue weighted by Crippen LogP contribution is -2.16. The average molecular weight is 429 g/mol. The number of ether oxygens (including phenoxy) is 2. The summed E-state index contributed by atoms with van der Waals surface area (Å²) in [5.41, 5.74) is 0.871. The van der Waals surface area contributed by atoms with Crippen molar-refractivity contribution in [1.82, 2.24) is 4.57 Å². The first-order chi connectivity index (χ1) is 14.1. The number of carbonyl (C=O) groups is 1. The molecule has 1 aliphatic rings. The molecule has 0 saturated heterocycles. The number of halogens is 1. The molecule has 0 atom stereocenters. The van der Waals surface area contributed by atoms with Crippen LogP contribution >= 0.6 is 23.1 Å². The summed E-state index contributed by atoms with van der Waals surface area (Å²) in [5, 5.41) is 0. The molecule has 0 radical (unpaired) electrons. The molecule has 148 valence electrons. The zero-order valence-electron chi connectivity index (χ0n) is 15.4. The van der Waals surface area contributed by atoms with E-state index in [-0.39, 0.29) is 18.5 Å². The van der Waals surface area contributed by atoms with Gasteiger partial charge >= 0.3 is 0 Å². The Morgan fingerprint density at radius 1 is 1.28 bits per heavy atom. The van der Waals surface area contributed by atoms with Crippen molar-refractivity contribution in [1.29, 1.82) is 0 Å². The summed E-state index contributed by atoms with van der Waals surface area (Å²) >= 11 is 2.99. The number of terminal acetylenes is 1. The minimum Gasteiger partial charge on any atom is -0.454 e. The Hall–Kier alpha value is -2.76. The number of fused-ring (bicyclic) bond motifs is 2. The van der Waals surface area contributed by atoms with E-state index in [1.807, 2.05) is 16.7 Å². The Kier molecular flexibility index (Phi) is 5.88. The van der Waals surface area contributed by atoms with Gasteiger partial charge in [-0.3, -0.25) is 4.79 Å². The van der Waals surface area contributed by atoms with E-state index in [0.29, 0.717) is 35.7 Å². The Balaban J connectivity index is 1.46. The third-order valence-electron chi connectivity index (χ3n) is 4.26. The molecule has 3 aromatic rings. The second-order valence-corrected chi connectivity index (χ2v) is 8.44. The lowest BCUT2D eigenvalue weighted by Gasteiger charge is -2.02. The molecule has 0 fully saturated rings. The molecule has 2 heterocycles. The summed E-state index contributed by atoms with van der Waals surface area (Å²) in [6, 6.07) is 10.1. The monoisotopic (exact) mass is 428 g/mol. The normalized spacial score (nSPS) is 13.0. The Morgan fingerprint density at radius 3 is 2.79 bits per heavy atom. The number of carbonyl (C=O) groups excluding carboxylic acids is 1. The summed E-state index contributed by atoms with van der Waals surface area (Å²) in [6.45, 7) is 0.513. The first kappa shape index (κ1) is 19.6. The van der Waals surface area contributed by atoms with Gasteiger partial charge < -0.3 is 14.0 Å².